The normalized spacial score (nSPS) is 11.6. The maximum Gasteiger partial charge on any atom is 0.410 e. The van der Waals surface area contributed by atoms with Crippen LogP contribution in [0.25, 0.3) is 0 Å². The lowest BCUT2D eigenvalue weighted by Crippen LogP contribution is -2.48. The summed E-state index contributed by atoms with van der Waals surface area (Å²) >= 11 is 3.38. The number of hydrogen-bond acceptors (Lipinski definition) is 9. The second-order valence-corrected chi connectivity index (χ2v) is 18.1. The first-order valence-corrected chi connectivity index (χ1v) is 23.3. The number of rotatable bonds is 18. The molecular formula is C53H61ClN4O6S2. The Morgan fingerprint density at radius 2 is 0.970 bits per heavy atom. The minimum Gasteiger partial charge on any atom is -0.496 e. The fourth-order valence-electron chi connectivity index (χ4n) is 6.53. The summed E-state index contributed by atoms with van der Waals surface area (Å²) in [5.74, 6) is 2.73. The smallest absolute Gasteiger partial charge is 0.410 e. The standard InChI is InChI=1S/C29H34N2O4S.C24H26N2O2S.ClH/c1-29(2,3)35-28(33)31(4)24(18-21-12-8-6-9-13-21)27(32)30-23-16-17-26(25(19-23)34-5)36-20-22-14-10-7-11-15-22;1-25-21(15-18-9-5-3-6-10-18)24(27)26-20-13-14-23(22(16-20)28-2)29-17-19-11-7-4-8-12-19;/h6-17,19,24H,18,20H2,1-5H3,(H,30,32);3-14,16,21,25H,15,17H2,1-2H3,(H,26,27);1H/t24-;21-;/m00./s1. The quantitative estimate of drug-likeness (QED) is 0.0724. The number of likely N-dealkylation sites (N-methyl/N-ethyl adjacent to an activating group) is 2. The number of methoxy groups -OCH3 is 2. The molecule has 0 fully saturated rings. The molecule has 13 heteroatoms. The summed E-state index contributed by atoms with van der Waals surface area (Å²) in [6.07, 6.45) is 0.430. The molecule has 66 heavy (non-hydrogen) atoms. The topological polar surface area (TPSA) is 118 Å². The van der Waals surface area contributed by atoms with Gasteiger partial charge < -0.3 is 30.2 Å². The first kappa shape index (κ1) is 52.7. The van der Waals surface area contributed by atoms with E-state index in [1.54, 1.807) is 78.7 Å². The number of amides is 3. The lowest BCUT2D eigenvalue weighted by atomic mass is 10.0. The third-order valence-corrected chi connectivity index (χ3v) is 12.3. The van der Waals surface area contributed by atoms with Gasteiger partial charge in [0.25, 0.3) is 0 Å². The van der Waals surface area contributed by atoms with E-state index in [0.29, 0.717) is 24.3 Å². The van der Waals surface area contributed by atoms with Gasteiger partial charge in [0.1, 0.15) is 23.1 Å². The van der Waals surface area contributed by atoms with Gasteiger partial charge in [0.2, 0.25) is 11.8 Å². The van der Waals surface area contributed by atoms with E-state index < -0.39 is 17.7 Å². The van der Waals surface area contributed by atoms with Crippen LogP contribution in [0.4, 0.5) is 16.2 Å². The molecule has 0 radical (unpaired) electrons. The van der Waals surface area contributed by atoms with Crippen LogP contribution >= 0.6 is 35.9 Å². The molecule has 0 spiro atoms. The molecule has 3 N–H and O–H groups in total. The van der Waals surface area contributed by atoms with Gasteiger partial charge in [0, 0.05) is 58.3 Å². The van der Waals surface area contributed by atoms with Crippen molar-refractivity contribution < 1.29 is 28.6 Å². The van der Waals surface area contributed by atoms with E-state index >= 15 is 0 Å². The number of carbonyl (C=O) groups is 3. The molecule has 10 nitrogen and oxygen atoms in total. The van der Waals surface area contributed by atoms with Crippen molar-refractivity contribution in [2.75, 3.05) is 38.9 Å². The molecule has 3 amide bonds. The lowest BCUT2D eigenvalue weighted by molar-refractivity contribution is -0.121. The number of ether oxygens (including phenoxy) is 3. The summed E-state index contributed by atoms with van der Waals surface area (Å²) in [5.41, 5.74) is 5.19. The summed E-state index contributed by atoms with van der Waals surface area (Å²) in [5, 5.41) is 9.06. The first-order valence-electron chi connectivity index (χ1n) is 21.4. The Hall–Kier alpha value is -5.92. The number of carbonyl (C=O) groups excluding carboxylic acids is 3. The van der Waals surface area contributed by atoms with Crippen molar-refractivity contribution in [3.05, 3.63) is 180 Å². The van der Waals surface area contributed by atoms with E-state index in [1.165, 1.54) is 16.0 Å². The molecule has 0 aliphatic rings. The van der Waals surface area contributed by atoms with Gasteiger partial charge >= 0.3 is 6.09 Å². The minimum absolute atomic E-state index is 0. The maximum atomic E-state index is 13.4. The zero-order valence-corrected chi connectivity index (χ0v) is 41.1. The van der Waals surface area contributed by atoms with Gasteiger partial charge in [-0.15, -0.1) is 35.9 Å². The number of nitrogens with one attached hydrogen (secondary N) is 3. The Morgan fingerprint density at radius 3 is 1.36 bits per heavy atom. The van der Waals surface area contributed by atoms with Crippen molar-refractivity contribution in [2.24, 2.45) is 0 Å². The Labute approximate surface area is 405 Å². The summed E-state index contributed by atoms with van der Waals surface area (Å²) in [7, 11) is 6.66. The average Bonchev–Trinajstić information content (AvgIpc) is 3.32. The fraction of sp³-hybridized carbons (Fsp3) is 0.264. The highest BCUT2D eigenvalue weighted by Crippen LogP contribution is 2.35. The van der Waals surface area contributed by atoms with Crippen LogP contribution in [-0.2, 0) is 38.7 Å². The molecule has 6 aromatic carbocycles. The molecule has 0 aliphatic carbocycles. The molecule has 0 saturated carbocycles. The fourth-order valence-corrected chi connectivity index (χ4v) is 8.46. The van der Waals surface area contributed by atoms with Crippen molar-refractivity contribution in [1.82, 2.24) is 10.2 Å². The molecule has 0 unspecified atom stereocenters. The Bertz CT molecular complexity index is 2410. The van der Waals surface area contributed by atoms with Crippen LogP contribution in [0.3, 0.4) is 0 Å². The summed E-state index contributed by atoms with van der Waals surface area (Å²) in [4.78, 5) is 42.3. The first-order chi connectivity index (χ1) is 31.3. The number of anilines is 2. The van der Waals surface area contributed by atoms with Gasteiger partial charge in [0.05, 0.1) is 20.3 Å². The predicted molar refractivity (Wildman–Crippen MR) is 273 cm³/mol. The van der Waals surface area contributed by atoms with E-state index in [2.05, 4.69) is 40.2 Å². The van der Waals surface area contributed by atoms with Gasteiger partial charge in [-0.05, 0) is 80.8 Å². The second kappa shape index (κ2) is 26.9. The third-order valence-electron chi connectivity index (χ3n) is 10.0. The average molecular weight is 950 g/mol. The Balaban J connectivity index is 0.000000290. The largest absolute Gasteiger partial charge is 0.496 e. The van der Waals surface area contributed by atoms with E-state index in [0.717, 1.165) is 43.9 Å². The summed E-state index contributed by atoms with van der Waals surface area (Å²) in [6.45, 7) is 5.40. The van der Waals surface area contributed by atoms with Gasteiger partial charge in [-0.3, -0.25) is 14.5 Å². The molecule has 348 valence electrons. The molecule has 6 aromatic rings. The van der Waals surface area contributed by atoms with Crippen molar-refractivity contribution in [3.8, 4) is 11.5 Å². The summed E-state index contributed by atoms with van der Waals surface area (Å²) in [6, 6.07) is 50.4. The van der Waals surface area contributed by atoms with Crippen LogP contribution in [-0.4, -0.2) is 68.8 Å². The molecule has 0 saturated heterocycles. The van der Waals surface area contributed by atoms with Crippen molar-refractivity contribution in [2.45, 2.75) is 72.6 Å². The van der Waals surface area contributed by atoms with E-state index in [4.69, 9.17) is 14.2 Å². The maximum absolute atomic E-state index is 13.4. The SMILES string of the molecule is CN[C@@H](Cc1ccccc1)C(=O)Nc1ccc(SCc2ccccc2)c(OC)c1.COc1cc(NC(=O)[C@H](Cc2ccccc2)N(C)C(=O)OC(C)(C)C)ccc1SCc1ccccc1.Cl. The Morgan fingerprint density at radius 1 is 0.576 bits per heavy atom. The van der Waals surface area contributed by atoms with Crippen LogP contribution < -0.4 is 25.4 Å². The van der Waals surface area contributed by atoms with Gasteiger partial charge in [0.15, 0.2) is 0 Å². The number of nitrogens with zero attached hydrogens (tertiary/aromatic N) is 1. The lowest BCUT2D eigenvalue weighted by Gasteiger charge is -2.30. The molecule has 0 aromatic heterocycles. The van der Waals surface area contributed by atoms with Crippen molar-refractivity contribution in [1.29, 1.82) is 0 Å². The monoisotopic (exact) mass is 948 g/mol. The van der Waals surface area contributed by atoms with Gasteiger partial charge in [-0.1, -0.05) is 121 Å². The highest BCUT2D eigenvalue weighted by atomic mass is 35.5. The van der Waals surface area contributed by atoms with Crippen LogP contribution in [0, 0.1) is 0 Å². The van der Waals surface area contributed by atoms with Gasteiger partial charge in [-0.2, -0.15) is 0 Å². The van der Waals surface area contributed by atoms with Gasteiger partial charge in [-0.25, -0.2) is 4.79 Å². The van der Waals surface area contributed by atoms with E-state index in [9.17, 15) is 14.4 Å². The summed E-state index contributed by atoms with van der Waals surface area (Å²) < 4.78 is 16.7. The molecular weight excluding hydrogens is 888 g/mol. The number of thioether (sulfide) groups is 2. The molecule has 6 rings (SSSR count). The van der Waals surface area contributed by atoms with E-state index in [1.807, 2.05) is 127 Å². The van der Waals surface area contributed by atoms with Crippen LogP contribution in [0.2, 0.25) is 0 Å². The van der Waals surface area contributed by atoms with Crippen LogP contribution in [0.15, 0.2) is 168 Å². The molecule has 0 heterocycles. The molecule has 0 bridgehead atoms. The highest BCUT2D eigenvalue weighted by molar-refractivity contribution is 7.98. The number of benzene rings is 6. The van der Waals surface area contributed by atoms with Crippen molar-refractivity contribution in [3.63, 3.8) is 0 Å². The number of hydrogen-bond donors (Lipinski definition) is 3. The van der Waals surface area contributed by atoms with Crippen LogP contribution in [0.5, 0.6) is 11.5 Å². The zero-order valence-electron chi connectivity index (χ0n) is 38.6. The minimum atomic E-state index is -0.764. The second-order valence-electron chi connectivity index (χ2n) is 16.1. The van der Waals surface area contributed by atoms with Crippen molar-refractivity contribution >= 4 is 65.2 Å². The van der Waals surface area contributed by atoms with Crippen LogP contribution in [0.1, 0.15) is 43.0 Å². The number of halogens is 1. The van der Waals surface area contributed by atoms with E-state index in [-0.39, 0.29) is 30.3 Å². The highest BCUT2D eigenvalue weighted by Gasteiger charge is 2.31. The predicted octanol–water partition coefficient (Wildman–Crippen LogP) is 11.6. The zero-order chi connectivity index (χ0) is 46.6. The Kier molecular flexibility index (Phi) is 21.5. The molecule has 0 aliphatic heterocycles. The molecule has 2 atom stereocenters. The third kappa shape index (κ3) is 17.1.